The van der Waals surface area contributed by atoms with E-state index in [0.29, 0.717) is 18.7 Å². The first-order valence-electron chi connectivity index (χ1n) is 7.67. The van der Waals surface area contributed by atoms with Gasteiger partial charge in [-0.2, -0.15) is 0 Å². The molecule has 0 aliphatic heterocycles. The number of aromatic nitrogens is 2. The Morgan fingerprint density at radius 2 is 1.96 bits per heavy atom. The van der Waals surface area contributed by atoms with Crippen LogP contribution in [0.5, 0.6) is 0 Å². The van der Waals surface area contributed by atoms with Crippen molar-refractivity contribution in [3.05, 3.63) is 47.9 Å². The van der Waals surface area contributed by atoms with Gasteiger partial charge in [-0.25, -0.2) is 18.1 Å². The fourth-order valence-electron chi connectivity index (χ4n) is 2.27. The monoisotopic (exact) mass is 337 g/mol. The quantitative estimate of drug-likeness (QED) is 0.689. The highest BCUT2D eigenvalue weighted by atomic mass is 32.2. The van der Waals surface area contributed by atoms with Crippen LogP contribution in [0.15, 0.2) is 41.6 Å². The summed E-state index contributed by atoms with van der Waals surface area (Å²) in [6.45, 7) is 3.90. The topological polar surface area (TPSA) is 95.1 Å². The number of sulfonamides is 1. The molecule has 0 saturated carbocycles. The molecule has 2 rings (SSSR count). The Kier molecular flexibility index (Phi) is 5.92. The Hall–Kier alpha value is -1.70. The van der Waals surface area contributed by atoms with Crippen molar-refractivity contribution in [2.24, 2.45) is 0 Å². The van der Waals surface area contributed by atoms with Gasteiger partial charge >= 0.3 is 0 Å². The predicted molar refractivity (Wildman–Crippen MR) is 88.5 cm³/mol. The summed E-state index contributed by atoms with van der Waals surface area (Å²) in [4.78, 5) is 6.96. The number of benzene rings is 1. The Morgan fingerprint density at radius 3 is 2.52 bits per heavy atom. The summed E-state index contributed by atoms with van der Waals surface area (Å²) in [7, 11) is -3.70. The third-order valence-electron chi connectivity index (χ3n) is 3.56. The van der Waals surface area contributed by atoms with Gasteiger partial charge in [0.2, 0.25) is 0 Å². The molecule has 0 aliphatic carbocycles. The van der Waals surface area contributed by atoms with Crippen LogP contribution >= 0.6 is 0 Å². The number of aromatic amines is 1. The first-order valence-corrected chi connectivity index (χ1v) is 9.15. The second-order valence-corrected chi connectivity index (χ2v) is 7.42. The largest absolute Gasteiger partial charge is 0.396 e. The molecule has 3 N–H and O–H groups in total. The smallest absolute Gasteiger partial charge is 0.258 e. The van der Waals surface area contributed by atoms with E-state index in [4.69, 9.17) is 5.11 Å². The van der Waals surface area contributed by atoms with Gasteiger partial charge in [0.25, 0.3) is 10.0 Å². The normalized spacial score (nSPS) is 13.4. The summed E-state index contributed by atoms with van der Waals surface area (Å²) in [5.41, 5.74) is 0.869. The lowest BCUT2D eigenvalue weighted by atomic mass is 10.0. The third-order valence-corrected chi connectivity index (χ3v) is 4.94. The molecule has 0 saturated heterocycles. The Bertz CT molecular complexity index is 711. The minimum Gasteiger partial charge on any atom is -0.396 e. The first-order chi connectivity index (χ1) is 10.9. The number of H-pyrrole nitrogens is 1. The van der Waals surface area contributed by atoms with E-state index in [9.17, 15) is 8.42 Å². The number of hydrogen-bond acceptors (Lipinski definition) is 4. The van der Waals surface area contributed by atoms with Gasteiger partial charge < -0.3 is 10.1 Å². The van der Waals surface area contributed by atoms with E-state index in [1.807, 2.05) is 44.2 Å². The summed E-state index contributed by atoms with van der Waals surface area (Å²) < 4.78 is 27.8. The van der Waals surface area contributed by atoms with Crippen molar-refractivity contribution < 1.29 is 13.5 Å². The van der Waals surface area contributed by atoms with Gasteiger partial charge in [-0.1, -0.05) is 44.2 Å². The Morgan fingerprint density at radius 1 is 1.26 bits per heavy atom. The standard InChI is InChI=1S/C16H23N3O3S/c1-12(2)16-17-11-15(18-16)23(21,22)19-14(9-6-10-20)13-7-4-3-5-8-13/h3-5,7-8,11-12,14,19-20H,6,9-10H2,1-2H3,(H,17,18). The molecule has 0 amide bonds. The second kappa shape index (κ2) is 7.72. The van der Waals surface area contributed by atoms with E-state index in [0.717, 1.165) is 5.56 Å². The molecular formula is C16H23N3O3S. The van der Waals surface area contributed by atoms with Crippen molar-refractivity contribution in [1.29, 1.82) is 0 Å². The molecule has 126 valence electrons. The van der Waals surface area contributed by atoms with Crippen molar-refractivity contribution >= 4 is 10.0 Å². The van der Waals surface area contributed by atoms with E-state index in [2.05, 4.69) is 14.7 Å². The number of hydrogen-bond donors (Lipinski definition) is 3. The van der Waals surface area contributed by atoms with Crippen LogP contribution in [0.2, 0.25) is 0 Å². The maximum Gasteiger partial charge on any atom is 0.258 e. The van der Waals surface area contributed by atoms with Crippen LogP contribution in [-0.2, 0) is 10.0 Å². The SMILES string of the molecule is CC(C)c1ncc(S(=O)(=O)NC(CCCO)c2ccccc2)[nH]1. The minimum absolute atomic E-state index is 0.0205. The summed E-state index contributed by atoms with van der Waals surface area (Å²) in [5.74, 6) is 0.759. The van der Waals surface area contributed by atoms with Crippen LogP contribution in [-0.4, -0.2) is 30.1 Å². The molecule has 0 bridgehead atoms. The zero-order valence-corrected chi connectivity index (χ0v) is 14.2. The van der Waals surface area contributed by atoms with E-state index in [1.54, 1.807) is 0 Å². The van der Waals surface area contributed by atoms with E-state index in [1.165, 1.54) is 6.20 Å². The second-order valence-electron chi connectivity index (χ2n) is 5.74. The lowest BCUT2D eigenvalue weighted by Crippen LogP contribution is -2.29. The van der Waals surface area contributed by atoms with Crippen LogP contribution in [0, 0.1) is 0 Å². The van der Waals surface area contributed by atoms with Crippen molar-refractivity contribution in [3.63, 3.8) is 0 Å². The van der Waals surface area contributed by atoms with Gasteiger partial charge in [-0.05, 0) is 18.4 Å². The summed E-state index contributed by atoms with van der Waals surface area (Å²) in [6, 6.07) is 8.96. The fraction of sp³-hybridized carbons (Fsp3) is 0.438. The molecule has 1 heterocycles. The average Bonchev–Trinajstić information content (AvgIpc) is 3.03. The Labute approximate surface area is 137 Å². The Balaban J connectivity index is 2.23. The van der Waals surface area contributed by atoms with E-state index in [-0.39, 0.29) is 23.6 Å². The van der Waals surface area contributed by atoms with Crippen molar-refractivity contribution in [2.75, 3.05) is 6.61 Å². The summed E-state index contributed by atoms with van der Waals surface area (Å²) in [6.07, 6.45) is 2.37. The molecule has 0 fully saturated rings. The van der Waals surface area contributed by atoms with Gasteiger partial charge in [0.05, 0.1) is 6.20 Å². The molecule has 0 spiro atoms. The molecule has 1 unspecified atom stereocenters. The molecule has 0 aliphatic rings. The fourth-order valence-corrected chi connectivity index (χ4v) is 3.46. The van der Waals surface area contributed by atoms with Gasteiger partial charge in [0.15, 0.2) is 5.03 Å². The van der Waals surface area contributed by atoms with Gasteiger partial charge in [0, 0.05) is 18.6 Å². The van der Waals surface area contributed by atoms with Gasteiger partial charge in [0.1, 0.15) is 5.82 Å². The van der Waals surface area contributed by atoms with Crippen molar-refractivity contribution in [1.82, 2.24) is 14.7 Å². The first kappa shape index (κ1) is 17.7. The average molecular weight is 337 g/mol. The number of imidazole rings is 1. The molecule has 7 heteroatoms. The number of nitrogens with one attached hydrogen (secondary N) is 2. The molecule has 1 aromatic carbocycles. The van der Waals surface area contributed by atoms with Crippen LogP contribution in [0.3, 0.4) is 0 Å². The number of aliphatic hydroxyl groups excluding tert-OH is 1. The van der Waals surface area contributed by atoms with Gasteiger partial charge in [-0.15, -0.1) is 0 Å². The summed E-state index contributed by atoms with van der Waals surface area (Å²) >= 11 is 0. The van der Waals surface area contributed by atoms with Crippen LogP contribution < -0.4 is 4.72 Å². The number of nitrogens with zero attached hydrogens (tertiary/aromatic N) is 1. The number of aliphatic hydroxyl groups is 1. The maximum atomic E-state index is 12.6. The molecule has 2 aromatic rings. The highest BCUT2D eigenvalue weighted by molar-refractivity contribution is 7.89. The highest BCUT2D eigenvalue weighted by Crippen LogP contribution is 2.21. The lowest BCUT2D eigenvalue weighted by Gasteiger charge is -2.18. The molecule has 0 radical (unpaired) electrons. The van der Waals surface area contributed by atoms with Crippen LogP contribution in [0.4, 0.5) is 0 Å². The predicted octanol–water partition coefficient (Wildman–Crippen LogP) is 2.33. The molecule has 1 atom stereocenters. The minimum atomic E-state index is -3.70. The maximum absolute atomic E-state index is 12.6. The lowest BCUT2D eigenvalue weighted by molar-refractivity contribution is 0.278. The van der Waals surface area contributed by atoms with Crippen LogP contribution in [0.25, 0.3) is 0 Å². The molecule has 1 aromatic heterocycles. The third kappa shape index (κ3) is 4.63. The number of rotatable bonds is 8. The molecule has 6 nitrogen and oxygen atoms in total. The molecular weight excluding hydrogens is 314 g/mol. The van der Waals surface area contributed by atoms with Crippen LogP contribution in [0.1, 0.15) is 50.0 Å². The zero-order chi connectivity index (χ0) is 16.9. The van der Waals surface area contributed by atoms with Crippen molar-refractivity contribution in [2.45, 2.75) is 43.7 Å². The van der Waals surface area contributed by atoms with Gasteiger partial charge in [-0.3, -0.25) is 0 Å². The van der Waals surface area contributed by atoms with E-state index >= 15 is 0 Å². The zero-order valence-electron chi connectivity index (χ0n) is 13.4. The molecule has 23 heavy (non-hydrogen) atoms. The summed E-state index contributed by atoms with van der Waals surface area (Å²) in [5, 5.41) is 9.11. The van der Waals surface area contributed by atoms with E-state index < -0.39 is 10.0 Å². The highest BCUT2D eigenvalue weighted by Gasteiger charge is 2.23. The van der Waals surface area contributed by atoms with Crippen molar-refractivity contribution in [3.8, 4) is 0 Å².